The van der Waals surface area contributed by atoms with Gasteiger partial charge in [-0.25, -0.2) is 9.78 Å². The summed E-state index contributed by atoms with van der Waals surface area (Å²) < 4.78 is 5.39. The van der Waals surface area contributed by atoms with Crippen molar-refractivity contribution < 1.29 is 14.8 Å². The molecule has 134 valence electrons. The topological polar surface area (TPSA) is 131 Å². The number of carbonyl (C=O) groups is 1. The van der Waals surface area contributed by atoms with Crippen LogP contribution in [-0.4, -0.2) is 40.7 Å². The molecule has 1 saturated heterocycles. The summed E-state index contributed by atoms with van der Waals surface area (Å²) in [5.74, 6) is 0.369. The van der Waals surface area contributed by atoms with Crippen molar-refractivity contribution in [1.29, 1.82) is 0 Å². The highest BCUT2D eigenvalue weighted by Gasteiger charge is 2.27. The van der Waals surface area contributed by atoms with Crippen LogP contribution in [0.1, 0.15) is 33.6 Å². The number of nitrogen functional groups attached to an aromatic ring is 1. The highest BCUT2D eigenvalue weighted by Crippen LogP contribution is 2.20. The van der Waals surface area contributed by atoms with Gasteiger partial charge in [0.25, 0.3) is 0 Å². The van der Waals surface area contributed by atoms with E-state index in [1.807, 2.05) is 20.8 Å². The molecule has 2 rings (SSSR count). The minimum Gasteiger partial charge on any atom is -0.628 e. The van der Waals surface area contributed by atoms with Gasteiger partial charge in [-0.2, -0.15) is 0 Å². The molecule has 1 aromatic rings. The molecular formula is C15H24N5O4-. The summed E-state index contributed by atoms with van der Waals surface area (Å²) in [5, 5.41) is 23.5. The van der Waals surface area contributed by atoms with Crippen molar-refractivity contribution in [2.75, 3.05) is 24.1 Å². The SMILES string of the molecule is CC(C)(C)OC(=O)N1CCCC(Nc2ccc([NH+]([O-])[O-])c(N)n2)C1. The summed E-state index contributed by atoms with van der Waals surface area (Å²) in [4.78, 5) is 17.8. The second kappa shape index (κ2) is 7.20. The number of hydrogen-bond donors (Lipinski definition) is 3. The molecule has 1 aliphatic rings. The number of rotatable bonds is 3. The predicted molar refractivity (Wildman–Crippen MR) is 90.5 cm³/mol. The Morgan fingerprint density at radius 1 is 1.46 bits per heavy atom. The summed E-state index contributed by atoms with van der Waals surface area (Å²) in [7, 11) is 0. The van der Waals surface area contributed by atoms with E-state index in [0.29, 0.717) is 18.9 Å². The van der Waals surface area contributed by atoms with Gasteiger partial charge >= 0.3 is 6.09 Å². The lowest BCUT2D eigenvalue weighted by molar-refractivity contribution is -0.714. The Bertz CT molecular complexity index is 588. The van der Waals surface area contributed by atoms with Crippen LogP contribution in [0, 0.1) is 10.4 Å². The first-order valence-electron chi connectivity index (χ1n) is 7.88. The molecule has 1 aromatic heterocycles. The zero-order valence-corrected chi connectivity index (χ0v) is 14.2. The number of hydrogen-bond acceptors (Lipinski definition) is 7. The number of likely N-dealkylation sites (tertiary alicyclic amines) is 1. The molecule has 0 spiro atoms. The van der Waals surface area contributed by atoms with E-state index in [1.165, 1.54) is 12.1 Å². The molecule has 1 unspecified atom stereocenters. The number of nitrogens with two attached hydrogens (primary N) is 1. The molecule has 0 radical (unpaired) electrons. The Morgan fingerprint density at radius 3 is 2.75 bits per heavy atom. The number of ether oxygens (including phenoxy) is 1. The van der Waals surface area contributed by atoms with E-state index >= 15 is 0 Å². The molecule has 0 aromatic carbocycles. The average Bonchev–Trinajstić information content (AvgIpc) is 2.45. The monoisotopic (exact) mass is 338 g/mol. The van der Waals surface area contributed by atoms with E-state index in [-0.39, 0.29) is 23.6 Å². The molecule has 0 aliphatic carbocycles. The quantitative estimate of drug-likeness (QED) is 0.700. The fraction of sp³-hybridized carbons (Fsp3) is 0.600. The Balaban J connectivity index is 1.98. The molecule has 0 saturated carbocycles. The molecule has 2 heterocycles. The van der Waals surface area contributed by atoms with Gasteiger partial charge in [-0.15, -0.1) is 0 Å². The van der Waals surface area contributed by atoms with Gasteiger partial charge in [0.1, 0.15) is 11.4 Å². The minimum atomic E-state index is -1.36. The van der Waals surface area contributed by atoms with Crippen LogP contribution in [0.5, 0.6) is 0 Å². The van der Waals surface area contributed by atoms with Crippen molar-refractivity contribution in [2.24, 2.45) is 0 Å². The van der Waals surface area contributed by atoms with Gasteiger partial charge in [-0.1, -0.05) is 0 Å². The van der Waals surface area contributed by atoms with Crippen LogP contribution in [0.25, 0.3) is 0 Å². The van der Waals surface area contributed by atoms with Gasteiger partial charge in [0.15, 0.2) is 11.5 Å². The summed E-state index contributed by atoms with van der Waals surface area (Å²) >= 11 is 0. The highest BCUT2D eigenvalue weighted by atomic mass is 16.8. The molecule has 24 heavy (non-hydrogen) atoms. The first-order chi connectivity index (χ1) is 11.2. The lowest BCUT2D eigenvalue weighted by Gasteiger charge is -2.34. The van der Waals surface area contributed by atoms with Gasteiger partial charge in [0.05, 0.1) is 0 Å². The van der Waals surface area contributed by atoms with Crippen LogP contribution in [-0.2, 0) is 4.74 Å². The number of nitrogens with one attached hydrogen (secondary N) is 2. The first-order valence-corrected chi connectivity index (χ1v) is 7.88. The number of quaternary nitrogens is 1. The smallest absolute Gasteiger partial charge is 0.410 e. The standard InChI is InChI=1S/C15H24N5O4/c1-15(2,3)24-14(21)19-8-4-5-10(9-19)17-12-7-6-11(20(22)23)13(16)18-12/h6-7,10,20H,4-5,8-9H2,1-3H3,(H3,16,17,18)/q-1. The summed E-state index contributed by atoms with van der Waals surface area (Å²) in [5.41, 5.74) is 4.94. The third kappa shape index (κ3) is 4.95. The fourth-order valence-corrected chi connectivity index (χ4v) is 2.52. The molecular weight excluding hydrogens is 314 g/mol. The fourth-order valence-electron chi connectivity index (χ4n) is 2.52. The number of pyridine rings is 1. The average molecular weight is 338 g/mol. The maximum absolute atomic E-state index is 12.2. The largest absolute Gasteiger partial charge is 0.628 e. The second-order valence-electron chi connectivity index (χ2n) is 6.83. The van der Waals surface area contributed by atoms with Crippen molar-refractivity contribution in [3.8, 4) is 0 Å². The molecule has 1 aliphatic heterocycles. The summed E-state index contributed by atoms with van der Waals surface area (Å²) in [6.07, 6.45) is 1.36. The van der Waals surface area contributed by atoms with E-state index in [9.17, 15) is 15.2 Å². The van der Waals surface area contributed by atoms with E-state index < -0.39 is 10.8 Å². The van der Waals surface area contributed by atoms with Crippen LogP contribution in [0.3, 0.4) is 0 Å². The Hall–Kier alpha value is -2.10. The van der Waals surface area contributed by atoms with E-state index in [0.717, 1.165) is 12.8 Å². The molecule has 9 heteroatoms. The van der Waals surface area contributed by atoms with E-state index in [2.05, 4.69) is 10.3 Å². The number of piperidine rings is 1. The van der Waals surface area contributed by atoms with Crippen molar-refractivity contribution >= 4 is 23.4 Å². The third-order valence-electron chi connectivity index (χ3n) is 3.57. The summed E-state index contributed by atoms with van der Waals surface area (Å²) in [6.45, 7) is 6.62. The highest BCUT2D eigenvalue weighted by molar-refractivity contribution is 5.68. The molecule has 9 nitrogen and oxygen atoms in total. The van der Waals surface area contributed by atoms with Gasteiger partial charge < -0.3 is 36.3 Å². The van der Waals surface area contributed by atoms with Crippen LogP contribution in [0.4, 0.5) is 22.1 Å². The van der Waals surface area contributed by atoms with Crippen LogP contribution >= 0.6 is 0 Å². The predicted octanol–water partition coefficient (Wildman–Crippen LogP) is 0.987. The van der Waals surface area contributed by atoms with Gasteiger partial charge in [0.2, 0.25) is 0 Å². The van der Waals surface area contributed by atoms with E-state index in [4.69, 9.17) is 10.5 Å². The Labute approximate surface area is 140 Å². The zero-order valence-electron chi connectivity index (χ0n) is 14.2. The van der Waals surface area contributed by atoms with Gasteiger partial charge in [-0.05, 0) is 39.7 Å². The Morgan fingerprint density at radius 2 is 2.17 bits per heavy atom. The molecule has 1 atom stereocenters. The molecule has 1 fully saturated rings. The summed E-state index contributed by atoms with van der Waals surface area (Å²) in [6, 6.07) is 2.88. The molecule has 1 amide bonds. The van der Waals surface area contributed by atoms with Crippen molar-refractivity contribution in [3.63, 3.8) is 0 Å². The molecule has 4 N–H and O–H groups in total. The number of nitrogens with zero attached hydrogens (tertiary/aromatic N) is 2. The second-order valence-corrected chi connectivity index (χ2v) is 6.83. The first kappa shape index (κ1) is 18.2. The molecule has 0 bridgehead atoms. The third-order valence-corrected chi connectivity index (χ3v) is 3.57. The number of amides is 1. The maximum atomic E-state index is 12.2. The lowest BCUT2D eigenvalue weighted by atomic mass is 10.1. The van der Waals surface area contributed by atoms with Crippen LogP contribution in [0.15, 0.2) is 12.1 Å². The van der Waals surface area contributed by atoms with Crippen molar-refractivity contribution in [1.82, 2.24) is 9.88 Å². The van der Waals surface area contributed by atoms with Gasteiger partial charge in [-0.3, -0.25) is 0 Å². The van der Waals surface area contributed by atoms with Gasteiger partial charge in [0, 0.05) is 25.2 Å². The van der Waals surface area contributed by atoms with Crippen LogP contribution in [0.2, 0.25) is 0 Å². The van der Waals surface area contributed by atoms with Crippen LogP contribution < -0.4 is 16.3 Å². The maximum Gasteiger partial charge on any atom is 0.410 e. The number of carbonyl (C=O) groups excluding carboxylic acids is 1. The number of anilines is 2. The zero-order chi connectivity index (χ0) is 17.9. The normalized spacial score (nSPS) is 18.6. The van der Waals surface area contributed by atoms with Crippen molar-refractivity contribution in [3.05, 3.63) is 22.5 Å². The minimum absolute atomic E-state index is 0.00743. The number of aromatic nitrogens is 1. The Kier molecular flexibility index (Phi) is 5.47. The van der Waals surface area contributed by atoms with E-state index in [1.54, 1.807) is 4.90 Å². The lowest BCUT2D eigenvalue weighted by Crippen LogP contribution is -2.96. The van der Waals surface area contributed by atoms with Crippen molar-refractivity contribution in [2.45, 2.75) is 45.3 Å².